The molecule has 4 nitrogen and oxygen atoms in total. The number of aromatic nitrogens is 1. The van der Waals surface area contributed by atoms with Crippen molar-refractivity contribution in [3.05, 3.63) is 24.1 Å². The molecule has 1 aromatic heterocycles. The highest BCUT2D eigenvalue weighted by Crippen LogP contribution is 2.24. The number of oxazole rings is 1. The van der Waals surface area contributed by atoms with Crippen LogP contribution < -0.4 is 11.1 Å². The zero-order valence-electron chi connectivity index (χ0n) is 11.4. The number of hydrogen-bond acceptors (Lipinski definition) is 4. The van der Waals surface area contributed by atoms with E-state index >= 15 is 0 Å². The SMILES string of the molecule is CCc1nc2cc(NC3CCCC(N)C3)ccc2o1. The normalized spacial score (nSPS) is 23.7. The van der Waals surface area contributed by atoms with E-state index in [4.69, 9.17) is 10.2 Å². The minimum absolute atomic E-state index is 0.341. The van der Waals surface area contributed by atoms with E-state index in [1.54, 1.807) is 0 Å². The second-order valence-corrected chi connectivity index (χ2v) is 5.41. The summed E-state index contributed by atoms with van der Waals surface area (Å²) in [7, 11) is 0. The van der Waals surface area contributed by atoms with Crippen molar-refractivity contribution >= 4 is 16.8 Å². The summed E-state index contributed by atoms with van der Waals surface area (Å²) < 4.78 is 5.62. The Labute approximate surface area is 113 Å². The number of benzene rings is 1. The first-order valence-electron chi connectivity index (χ1n) is 7.16. The van der Waals surface area contributed by atoms with Crippen molar-refractivity contribution in [1.29, 1.82) is 0 Å². The summed E-state index contributed by atoms with van der Waals surface area (Å²) >= 11 is 0. The Morgan fingerprint density at radius 3 is 3.11 bits per heavy atom. The van der Waals surface area contributed by atoms with Gasteiger partial charge in [-0.05, 0) is 43.9 Å². The lowest BCUT2D eigenvalue weighted by Gasteiger charge is -2.28. The molecule has 1 aromatic carbocycles. The molecule has 2 aromatic rings. The first-order valence-corrected chi connectivity index (χ1v) is 7.16. The number of nitrogens with zero attached hydrogens (tertiary/aromatic N) is 1. The lowest BCUT2D eigenvalue weighted by atomic mass is 9.91. The maximum atomic E-state index is 6.02. The molecule has 0 saturated heterocycles. The molecule has 19 heavy (non-hydrogen) atoms. The molecule has 0 spiro atoms. The number of anilines is 1. The van der Waals surface area contributed by atoms with E-state index in [1.807, 2.05) is 13.0 Å². The molecule has 0 aliphatic heterocycles. The van der Waals surface area contributed by atoms with Gasteiger partial charge in [-0.15, -0.1) is 0 Å². The highest BCUT2D eigenvalue weighted by molar-refractivity contribution is 5.77. The number of rotatable bonds is 3. The summed E-state index contributed by atoms with van der Waals surface area (Å²) in [6.45, 7) is 2.05. The maximum absolute atomic E-state index is 6.02. The highest BCUT2D eigenvalue weighted by atomic mass is 16.3. The van der Waals surface area contributed by atoms with Crippen molar-refractivity contribution in [2.45, 2.75) is 51.1 Å². The first kappa shape index (κ1) is 12.5. The van der Waals surface area contributed by atoms with E-state index in [9.17, 15) is 0 Å². The summed E-state index contributed by atoms with van der Waals surface area (Å²) in [6.07, 6.45) is 5.45. The zero-order chi connectivity index (χ0) is 13.2. The Morgan fingerprint density at radius 2 is 2.32 bits per heavy atom. The molecule has 1 aliphatic carbocycles. The molecule has 2 atom stereocenters. The van der Waals surface area contributed by atoms with Gasteiger partial charge in [0.1, 0.15) is 5.52 Å². The van der Waals surface area contributed by atoms with Crippen LogP contribution in [0, 0.1) is 0 Å². The largest absolute Gasteiger partial charge is 0.441 e. The Kier molecular flexibility index (Phi) is 3.42. The van der Waals surface area contributed by atoms with Gasteiger partial charge in [0.25, 0.3) is 0 Å². The average Bonchev–Trinajstić information content (AvgIpc) is 2.81. The molecule has 4 heteroatoms. The summed E-state index contributed by atoms with van der Waals surface area (Å²) in [6, 6.07) is 6.95. The van der Waals surface area contributed by atoms with Crippen LogP contribution in [0.1, 0.15) is 38.5 Å². The number of aryl methyl sites for hydroxylation is 1. The van der Waals surface area contributed by atoms with Crippen LogP contribution in [0.25, 0.3) is 11.1 Å². The van der Waals surface area contributed by atoms with Gasteiger partial charge in [0.05, 0.1) is 0 Å². The smallest absolute Gasteiger partial charge is 0.195 e. The third kappa shape index (κ3) is 2.73. The molecule has 0 bridgehead atoms. The molecule has 1 aliphatic rings. The van der Waals surface area contributed by atoms with Gasteiger partial charge in [0.2, 0.25) is 0 Å². The van der Waals surface area contributed by atoms with Crippen molar-refractivity contribution in [1.82, 2.24) is 4.98 Å². The number of nitrogens with two attached hydrogens (primary N) is 1. The predicted octanol–water partition coefficient (Wildman–Crippen LogP) is 3.07. The van der Waals surface area contributed by atoms with Crippen LogP contribution in [0.15, 0.2) is 22.6 Å². The minimum atomic E-state index is 0.341. The highest BCUT2D eigenvalue weighted by Gasteiger charge is 2.19. The molecule has 3 rings (SSSR count). The van der Waals surface area contributed by atoms with Gasteiger partial charge in [0.15, 0.2) is 11.5 Å². The zero-order valence-corrected chi connectivity index (χ0v) is 11.4. The van der Waals surface area contributed by atoms with E-state index in [0.717, 1.165) is 41.9 Å². The van der Waals surface area contributed by atoms with Gasteiger partial charge < -0.3 is 15.5 Å². The Bertz CT molecular complexity index is 564. The topological polar surface area (TPSA) is 64.1 Å². The van der Waals surface area contributed by atoms with E-state index in [-0.39, 0.29) is 0 Å². The van der Waals surface area contributed by atoms with Gasteiger partial charge in [-0.3, -0.25) is 0 Å². The molecule has 2 unspecified atom stereocenters. The van der Waals surface area contributed by atoms with E-state index in [0.29, 0.717) is 12.1 Å². The van der Waals surface area contributed by atoms with Gasteiger partial charge >= 0.3 is 0 Å². The lowest BCUT2D eigenvalue weighted by Crippen LogP contribution is -2.34. The summed E-state index contributed by atoms with van der Waals surface area (Å²) in [4.78, 5) is 4.47. The fraction of sp³-hybridized carbons (Fsp3) is 0.533. The summed E-state index contributed by atoms with van der Waals surface area (Å²) in [5.74, 6) is 0.798. The van der Waals surface area contributed by atoms with Gasteiger partial charge in [-0.1, -0.05) is 6.92 Å². The van der Waals surface area contributed by atoms with Crippen LogP contribution in [0.4, 0.5) is 5.69 Å². The Morgan fingerprint density at radius 1 is 1.42 bits per heavy atom. The van der Waals surface area contributed by atoms with E-state index in [2.05, 4.69) is 22.4 Å². The van der Waals surface area contributed by atoms with Crippen LogP contribution >= 0.6 is 0 Å². The second kappa shape index (κ2) is 5.21. The van der Waals surface area contributed by atoms with Crippen molar-refractivity contribution in [2.24, 2.45) is 5.73 Å². The predicted molar refractivity (Wildman–Crippen MR) is 77.2 cm³/mol. The van der Waals surface area contributed by atoms with Crippen LogP contribution in [0.3, 0.4) is 0 Å². The van der Waals surface area contributed by atoms with Crippen LogP contribution in [0.2, 0.25) is 0 Å². The molecule has 102 valence electrons. The summed E-state index contributed by atoms with van der Waals surface area (Å²) in [5.41, 5.74) is 8.93. The quantitative estimate of drug-likeness (QED) is 0.889. The fourth-order valence-electron chi connectivity index (χ4n) is 2.81. The second-order valence-electron chi connectivity index (χ2n) is 5.41. The van der Waals surface area contributed by atoms with Crippen molar-refractivity contribution in [3.63, 3.8) is 0 Å². The monoisotopic (exact) mass is 259 g/mol. The number of nitrogens with one attached hydrogen (secondary N) is 1. The molecular weight excluding hydrogens is 238 g/mol. The Balaban J connectivity index is 1.77. The average molecular weight is 259 g/mol. The van der Waals surface area contributed by atoms with Crippen LogP contribution in [0.5, 0.6) is 0 Å². The molecule has 1 saturated carbocycles. The first-order chi connectivity index (χ1) is 9.24. The van der Waals surface area contributed by atoms with Gasteiger partial charge in [-0.25, -0.2) is 4.98 Å². The van der Waals surface area contributed by atoms with Gasteiger partial charge in [0, 0.05) is 24.2 Å². The molecule has 0 amide bonds. The van der Waals surface area contributed by atoms with E-state index < -0.39 is 0 Å². The maximum Gasteiger partial charge on any atom is 0.195 e. The van der Waals surface area contributed by atoms with E-state index in [1.165, 1.54) is 12.8 Å². The van der Waals surface area contributed by atoms with Crippen LogP contribution in [-0.4, -0.2) is 17.1 Å². The van der Waals surface area contributed by atoms with Crippen molar-refractivity contribution in [3.8, 4) is 0 Å². The lowest BCUT2D eigenvalue weighted by molar-refractivity contribution is 0.409. The summed E-state index contributed by atoms with van der Waals surface area (Å²) in [5, 5.41) is 3.57. The fourth-order valence-corrected chi connectivity index (χ4v) is 2.81. The van der Waals surface area contributed by atoms with Gasteiger partial charge in [-0.2, -0.15) is 0 Å². The minimum Gasteiger partial charge on any atom is -0.441 e. The number of hydrogen-bond donors (Lipinski definition) is 2. The molecular formula is C15H21N3O. The standard InChI is InChI=1S/C15H21N3O/c1-2-15-18-13-9-12(6-7-14(13)19-15)17-11-5-3-4-10(16)8-11/h6-7,9-11,17H,2-5,8,16H2,1H3. The van der Waals surface area contributed by atoms with Crippen molar-refractivity contribution in [2.75, 3.05) is 5.32 Å². The van der Waals surface area contributed by atoms with Crippen molar-refractivity contribution < 1.29 is 4.42 Å². The third-order valence-corrected chi connectivity index (χ3v) is 3.82. The molecule has 1 heterocycles. The third-order valence-electron chi connectivity index (χ3n) is 3.82. The Hall–Kier alpha value is -1.55. The molecule has 0 radical (unpaired) electrons. The number of fused-ring (bicyclic) bond motifs is 1. The molecule has 1 fully saturated rings. The molecule has 3 N–H and O–H groups in total. The van der Waals surface area contributed by atoms with Crippen LogP contribution in [-0.2, 0) is 6.42 Å².